The second-order valence-electron chi connectivity index (χ2n) is 4.05. The van der Waals surface area contributed by atoms with Crippen molar-refractivity contribution in [2.75, 3.05) is 13.1 Å². The van der Waals surface area contributed by atoms with E-state index < -0.39 is 5.82 Å². The first-order valence-corrected chi connectivity index (χ1v) is 6.64. The molecule has 0 aliphatic carbocycles. The van der Waals surface area contributed by atoms with Crippen molar-refractivity contribution in [3.05, 3.63) is 32.1 Å². The fourth-order valence-electron chi connectivity index (χ4n) is 1.83. The van der Waals surface area contributed by atoms with E-state index in [0.717, 1.165) is 6.42 Å². The number of amides is 1. The zero-order valence-corrected chi connectivity index (χ0v) is 13.1. The number of nitrogens with zero attached hydrogens (tertiary/aromatic N) is 1. The Kier molecular flexibility index (Phi) is 5.64. The highest BCUT2D eigenvalue weighted by atomic mass is 127. The van der Waals surface area contributed by atoms with Gasteiger partial charge in [-0.15, -0.1) is 12.4 Å². The van der Waals surface area contributed by atoms with E-state index in [1.807, 2.05) is 22.6 Å². The molecule has 1 heterocycles. The first-order chi connectivity index (χ1) is 7.99. The third-order valence-electron chi connectivity index (χ3n) is 2.75. The van der Waals surface area contributed by atoms with Crippen LogP contribution in [0, 0.1) is 9.39 Å². The summed E-state index contributed by atoms with van der Waals surface area (Å²) in [5.41, 5.74) is 6.08. The molecule has 1 aliphatic heterocycles. The van der Waals surface area contributed by atoms with Crippen LogP contribution in [0.2, 0.25) is 5.02 Å². The van der Waals surface area contributed by atoms with Crippen molar-refractivity contribution < 1.29 is 9.18 Å². The Hall–Kier alpha value is -0.110. The van der Waals surface area contributed by atoms with Crippen molar-refractivity contribution in [3.63, 3.8) is 0 Å². The minimum Gasteiger partial charge on any atom is -0.337 e. The molecule has 1 aromatic carbocycles. The Labute approximate surface area is 129 Å². The molecule has 100 valence electrons. The summed E-state index contributed by atoms with van der Waals surface area (Å²) in [5, 5.41) is 0.147. The summed E-state index contributed by atoms with van der Waals surface area (Å²) in [6, 6.07) is 2.67. The van der Waals surface area contributed by atoms with Crippen LogP contribution in [0.3, 0.4) is 0 Å². The number of nitrogens with two attached hydrogens (primary N) is 1. The monoisotopic (exact) mass is 404 g/mol. The Bertz CT molecular complexity index is 473. The summed E-state index contributed by atoms with van der Waals surface area (Å²) in [7, 11) is 0. The number of carbonyl (C=O) groups excluding carboxylic acids is 1. The Balaban J connectivity index is 0.00000162. The molecule has 1 aliphatic rings. The highest BCUT2D eigenvalue weighted by molar-refractivity contribution is 14.1. The number of rotatable bonds is 1. The van der Waals surface area contributed by atoms with Crippen molar-refractivity contribution in [2.45, 2.75) is 12.5 Å². The smallest absolute Gasteiger partial charge is 0.255 e. The van der Waals surface area contributed by atoms with Crippen LogP contribution in [0.4, 0.5) is 4.39 Å². The third-order valence-corrected chi connectivity index (χ3v) is 3.89. The summed E-state index contributed by atoms with van der Waals surface area (Å²) in [5.74, 6) is -0.592. The van der Waals surface area contributed by atoms with Gasteiger partial charge in [-0.05, 0) is 41.1 Å². The largest absolute Gasteiger partial charge is 0.337 e. The van der Waals surface area contributed by atoms with Gasteiger partial charge in [0.1, 0.15) is 5.82 Å². The molecule has 1 saturated heterocycles. The van der Waals surface area contributed by atoms with Crippen molar-refractivity contribution in [1.82, 2.24) is 4.90 Å². The van der Waals surface area contributed by atoms with Crippen molar-refractivity contribution in [1.29, 1.82) is 0 Å². The van der Waals surface area contributed by atoms with Crippen LogP contribution in [-0.2, 0) is 0 Å². The second-order valence-corrected chi connectivity index (χ2v) is 5.62. The predicted octanol–water partition coefficient (Wildman–Crippen LogP) is 2.68. The van der Waals surface area contributed by atoms with Crippen molar-refractivity contribution >= 4 is 52.5 Å². The molecule has 0 aromatic heterocycles. The number of hydrogen-bond donors (Lipinski definition) is 1. The van der Waals surface area contributed by atoms with Crippen LogP contribution in [0.5, 0.6) is 0 Å². The summed E-state index contributed by atoms with van der Waals surface area (Å²) in [4.78, 5) is 13.8. The van der Waals surface area contributed by atoms with Crippen LogP contribution in [0.25, 0.3) is 0 Å². The van der Waals surface area contributed by atoms with E-state index in [-0.39, 0.29) is 29.4 Å². The molecule has 1 fully saturated rings. The summed E-state index contributed by atoms with van der Waals surface area (Å²) in [6.45, 7) is 1.16. The minimum atomic E-state index is -0.412. The van der Waals surface area contributed by atoms with Gasteiger partial charge in [0.15, 0.2) is 0 Å². The molecule has 1 unspecified atom stereocenters. The summed E-state index contributed by atoms with van der Waals surface area (Å²) >= 11 is 7.73. The van der Waals surface area contributed by atoms with Gasteiger partial charge >= 0.3 is 0 Å². The van der Waals surface area contributed by atoms with Gasteiger partial charge < -0.3 is 10.6 Å². The standard InChI is InChI=1S/C11H11ClFIN2O.ClH/c12-8-4-9(13)10(14)3-7(8)11(17)16-2-1-6(15)5-16;/h3-4,6H,1-2,5,15H2;1H. The number of likely N-dealkylation sites (tertiary alicyclic amines) is 1. The van der Waals surface area contributed by atoms with Crippen LogP contribution in [0.15, 0.2) is 12.1 Å². The van der Waals surface area contributed by atoms with E-state index in [2.05, 4.69) is 0 Å². The molecule has 1 aromatic rings. The number of benzene rings is 1. The molecule has 0 spiro atoms. The molecule has 1 amide bonds. The quantitative estimate of drug-likeness (QED) is 0.577. The molecule has 0 saturated carbocycles. The highest BCUT2D eigenvalue weighted by Gasteiger charge is 2.26. The minimum absolute atomic E-state index is 0. The number of halogens is 4. The lowest BCUT2D eigenvalue weighted by atomic mass is 10.2. The number of hydrogen-bond acceptors (Lipinski definition) is 2. The van der Waals surface area contributed by atoms with Gasteiger partial charge in [0.2, 0.25) is 0 Å². The average Bonchev–Trinajstić information content (AvgIpc) is 2.69. The molecule has 7 heteroatoms. The molecular weight excluding hydrogens is 393 g/mol. The van der Waals surface area contributed by atoms with Crippen molar-refractivity contribution in [2.24, 2.45) is 5.73 Å². The Morgan fingerprint density at radius 1 is 1.56 bits per heavy atom. The maximum Gasteiger partial charge on any atom is 0.255 e. The van der Waals surface area contributed by atoms with E-state index in [9.17, 15) is 9.18 Å². The number of carbonyl (C=O) groups is 1. The fourth-order valence-corrected chi connectivity index (χ4v) is 2.53. The maximum atomic E-state index is 13.2. The molecule has 1 atom stereocenters. The van der Waals surface area contributed by atoms with E-state index in [1.165, 1.54) is 12.1 Å². The predicted molar refractivity (Wildman–Crippen MR) is 79.9 cm³/mol. The molecular formula is C11H12Cl2FIN2O. The normalized spacial score (nSPS) is 18.7. The lowest BCUT2D eigenvalue weighted by Gasteiger charge is -2.16. The fraction of sp³-hybridized carbons (Fsp3) is 0.364. The summed E-state index contributed by atoms with van der Waals surface area (Å²) in [6.07, 6.45) is 0.793. The van der Waals surface area contributed by atoms with Crippen LogP contribution < -0.4 is 5.73 Å². The van der Waals surface area contributed by atoms with E-state index >= 15 is 0 Å². The van der Waals surface area contributed by atoms with Gasteiger partial charge in [0.05, 0.1) is 10.6 Å². The summed E-state index contributed by atoms with van der Waals surface area (Å²) < 4.78 is 13.6. The first kappa shape index (κ1) is 15.9. The average molecular weight is 405 g/mol. The van der Waals surface area contributed by atoms with Crippen molar-refractivity contribution in [3.8, 4) is 0 Å². The van der Waals surface area contributed by atoms with Gasteiger partial charge in [0, 0.05) is 22.7 Å². The zero-order chi connectivity index (χ0) is 12.6. The second kappa shape index (κ2) is 6.36. The van der Waals surface area contributed by atoms with E-state index in [4.69, 9.17) is 17.3 Å². The molecule has 2 N–H and O–H groups in total. The topological polar surface area (TPSA) is 46.3 Å². The zero-order valence-electron chi connectivity index (χ0n) is 9.33. The lowest BCUT2D eigenvalue weighted by Crippen LogP contribution is -2.32. The molecule has 3 nitrogen and oxygen atoms in total. The van der Waals surface area contributed by atoms with Crippen LogP contribution in [-0.4, -0.2) is 29.9 Å². The van der Waals surface area contributed by atoms with Gasteiger partial charge in [-0.3, -0.25) is 4.79 Å². The van der Waals surface area contributed by atoms with Gasteiger partial charge in [-0.1, -0.05) is 11.6 Å². The van der Waals surface area contributed by atoms with E-state index in [0.29, 0.717) is 22.2 Å². The third kappa shape index (κ3) is 3.26. The van der Waals surface area contributed by atoms with Gasteiger partial charge in [-0.25, -0.2) is 4.39 Å². The Morgan fingerprint density at radius 2 is 2.22 bits per heavy atom. The molecule has 2 rings (SSSR count). The SMILES string of the molecule is Cl.NC1CCN(C(=O)c2cc(I)c(F)cc2Cl)C1. The highest BCUT2D eigenvalue weighted by Crippen LogP contribution is 2.24. The van der Waals surface area contributed by atoms with E-state index in [1.54, 1.807) is 4.90 Å². The lowest BCUT2D eigenvalue weighted by molar-refractivity contribution is 0.0791. The first-order valence-electron chi connectivity index (χ1n) is 5.18. The maximum absolute atomic E-state index is 13.2. The van der Waals surface area contributed by atoms with Gasteiger partial charge in [-0.2, -0.15) is 0 Å². The molecule has 0 bridgehead atoms. The van der Waals surface area contributed by atoms with Crippen LogP contribution in [0.1, 0.15) is 16.8 Å². The van der Waals surface area contributed by atoms with Crippen LogP contribution >= 0.6 is 46.6 Å². The van der Waals surface area contributed by atoms with Gasteiger partial charge in [0.25, 0.3) is 5.91 Å². The Morgan fingerprint density at radius 3 is 2.78 bits per heavy atom. The molecule has 18 heavy (non-hydrogen) atoms. The molecule has 0 radical (unpaired) electrons.